The number of aryl methyl sites for hydroxylation is 1. The molecule has 0 atom stereocenters. The Morgan fingerprint density at radius 1 is 1.43 bits per heavy atom. The van der Waals surface area contributed by atoms with Crippen molar-refractivity contribution in [2.45, 2.75) is 13.1 Å². The van der Waals surface area contributed by atoms with Crippen LogP contribution < -0.4 is 0 Å². The van der Waals surface area contributed by atoms with Gasteiger partial charge in [0.25, 0.3) is 0 Å². The maximum Gasteiger partial charge on any atom is 0.406 e. The number of carbonyl (C=O) groups is 1. The van der Waals surface area contributed by atoms with E-state index >= 15 is 0 Å². The van der Waals surface area contributed by atoms with Crippen molar-refractivity contribution in [3.05, 3.63) is 40.4 Å². The van der Waals surface area contributed by atoms with E-state index in [0.717, 1.165) is 11.6 Å². The van der Waals surface area contributed by atoms with Gasteiger partial charge in [0.2, 0.25) is 5.91 Å². The largest absolute Gasteiger partial charge is 0.406 e. The number of hydrogen-bond acceptors (Lipinski definition) is 2. The number of hydrogen-bond donors (Lipinski definition) is 1. The van der Waals surface area contributed by atoms with Crippen molar-refractivity contribution >= 4 is 23.6 Å². The van der Waals surface area contributed by atoms with E-state index in [1.807, 2.05) is 6.92 Å². The third kappa shape index (κ3) is 6.18. The first-order valence-electron chi connectivity index (χ1n) is 6.13. The Bertz CT molecular complexity index is 529. The predicted octanol–water partition coefficient (Wildman–Crippen LogP) is 3.04. The van der Waals surface area contributed by atoms with Crippen molar-refractivity contribution in [2.75, 3.05) is 19.7 Å². The fourth-order valence-electron chi connectivity index (χ4n) is 1.59. The second-order valence-corrected chi connectivity index (χ2v) is 4.85. The van der Waals surface area contributed by atoms with Gasteiger partial charge in [-0.15, -0.1) is 0 Å². The molecule has 1 N–H and O–H groups in total. The van der Waals surface area contributed by atoms with Crippen LogP contribution in [0, 0.1) is 6.92 Å². The molecule has 0 aliphatic heterocycles. The smallest absolute Gasteiger partial charge is 0.395 e. The van der Waals surface area contributed by atoms with Crippen LogP contribution in [0.1, 0.15) is 11.1 Å². The lowest BCUT2D eigenvalue weighted by molar-refractivity contribution is -0.158. The monoisotopic (exact) mass is 321 g/mol. The average molecular weight is 322 g/mol. The van der Waals surface area contributed by atoms with Crippen molar-refractivity contribution in [1.29, 1.82) is 0 Å². The summed E-state index contributed by atoms with van der Waals surface area (Å²) in [4.78, 5) is 12.3. The van der Waals surface area contributed by atoms with Crippen molar-refractivity contribution in [2.24, 2.45) is 0 Å². The highest BCUT2D eigenvalue weighted by Crippen LogP contribution is 2.19. The summed E-state index contributed by atoms with van der Waals surface area (Å²) < 4.78 is 37.0. The van der Waals surface area contributed by atoms with E-state index in [2.05, 4.69) is 0 Å². The minimum Gasteiger partial charge on any atom is -0.395 e. The fourth-order valence-corrected chi connectivity index (χ4v) is 1.78. The fraction of sp³-hybridized carbons (Fsp3) is 0.357. The van der Waals surface area contributed by atoms with Crippen molar-refractivity contribution in [1.82, 2.24) is 4.90 Å². The van der Waals surface area contributed by atoms with E-state index in [1.54, 1.807) is 18.2 Å². The lowest BCUT2D eigenvalue weighted by atomic mass is 10.1. The first-order valence-corrected chi connectivity index (χ1v) is 6.51. The molecular formula is C14H15ClF3NO2. The van der Waals surface area contributed by atoms with E-state index in [-0.39, 0.29) is 6.54 Å². The van der Waals surface area contributed by atoms with Crippen LogP contribution in [0.4, 0.5) is 13.2 Å². The van der Waals surface area contributed by atoms with Gasteiger partial charge in [-0.1, -0.05) is 23.7 Å². The summed E-state index contributed by atoms with van der Waals surface area (Å²) in [7, 11) is 0. The Balaban J connectivity index is 2.80. The summed E-state index contributed by atoms with van der Waals surface area (Å²) in [6, 6.07) is 5.06. The molecule has 0 aromatic heterocycles. The maximum absolute atomic E-state index is 12.3. The Morgan fingerprint density at radius 2 is 2.10 bits per heavy atom. The third-order valence-electron chi connectivity index (χ3n) is 2.67. The zero-order chi connectivity index (χ0) is 16.0. The van der Waals surface area contributed by atoms with Crippen molar-refractivity contribution in [3.8, 4) is 0 Å². The maximum atomic E-state index is 12.3. The molecule has 1 aromatic rings. The van der Waals surface area contributed by atoms with Gasteiger partial charge in [0, 0.05) is 17.6 Å². The second-order valence-electron chi connectivity index (χ2n) is 4.44. The SMILES string of the molecule is Cc1ccc(/C=C/C(=O)N(CCO)CC(F)(F)F)cc1Cl. The van der Waals surface area contributed by atoms with Gasteiger partial charge in [0.15, 0.2) is 0 Å². The lowest BCUT2D eigenvalue weighted by Crippen LogP contribution is -2.39. The molecule has 0 spiro atoms. The van der Waals surface area contributed by atoms with Crippen LogP contribution in [0.2, 0.25) is 5.02 Å². The van der Waals surface area contributed by atoms with E-state index in [1.165, 1.54) is 6.08 Å². The molecule has 0 bridgehead atoms. The minimum atomic E-state index is -4.51. The van der Waals surface area contributed by atoms with Crippen LogP contribution in [-0.2, 0) is 4.79 Å². The van der Waals surface area contributed by atoms with Gasteiger partial charge in [-0.3, -0.25) is 4.79 Å². The molecule has 116 valence electrons. The van der Waals surface area contributed by atoms with E-state index in [9.17, 15) is 18.0 Å². The molecule has 1 amide bonds. The molecule has 0 heterocycles. The molecule has 3 nitrogen and oxygen atoms in total. The van der Waals surface area contributed by atoms with Gasteiger partial charge in [0.05, 0.1) is 6.61 Å². The van der Waals surface area contributed by atoms with Crippen LogP contribution in [0.25, 0.3) is 6.08 Å². The zero-order valence-electron chi connectivity index (χ0n) is 11.3. The number of nitrogens with zero attached hydrogens (tertiary/aromatic N) is 1. The molecule has 0 radical (unpaired) electrons. The highest BCUT2D eigenvalue weighted by molar-refractivity contribution is 6.31. The highest BCUT2D eigenvalue weighted by Gasteiger charge is 2.32. The molecule has 0 saturated heterocycles. The summed E-state index contributed by atoms with van der Waals surface area (Å²) in [6.45, 7) is -0.498. The molecule has 1 rings (SSSR count). The summed E-state index contributed by atoms with van der Waals surface area (Å²) in [5.41, 5.74) is 1.47. The van der Waals surface area contributed by atoms with Crippen molar-refractivity contribution in [3.63, 3.8) is 0 Å². The number of aliphatic hydroxyl groups is 1. The summed E-state index contributed by atoms with van der Waals surface area (Å²) in [5.74, 6) is -0.821. The number of benzene rings is 1. The molecule has 0 fully saturated rings. The molecule has 21 heavy (non-hydrogen) atoms. The molecular weight excluding hydrogens is 307 g/mol. The predicted molar refractivity (Wildman–Crippen MR) is 74.9 cm³/mol. The number of halogens is 4. The highest BCUT2D eigenvalue weighted by atomic mass is 35.5. The van der Waals surface area contributed by atoms with Crippen LogP contribution in [0.3, 0.4) is 0 Å². The second kappa shape index (κ2) is 7.47. The third-order valence-corrected chi connectivity index (χ3v) is 3.07. The molecule has 7 heteroatoms. The number of aliphatic hydroxyl groups excluding tert-OH is 1. The van der Waals surface area contributed by atoms with Gasteiger partial charge in [-0.05, 0) is 30.2 Å². The zero-order valence-corrected chi connectivity index (χ0v) is 12.1. The van der Waals surface area contributed by atoms with Gasteiger partial charge in [-0.2, -0.15) is 13.2 Å². The molecule has 0 unspecified atom stereocenters. The van der Waals surface area contributed by atoms with Gasteiger partial charge in [-0.25, -0.2) is 0 Å². The summed E-state index contributed by atoms with van der Waals surface area (Å²) in [5, 5.41) is 9.24. The van der Waals surface area contributed by atoms with E-state index < -0.39 is 25.2 Å². The van der Waals surface area contributed by atoms with Crippen LogP contribution in [0.5, 0.6) is 0 Å². The van der Waals surface area contributed by atoms with Crippen molar-refractivity contribution < 1.29 is 23.1 Å². The number of amides is 1. The topological polar surface area (TPSA) is 40.5 Å². The number of rotatable bonds is 5. The summed E-state index contributed by atoms with van der Waals surface area (Å²) >= 11 is 5.92. The number of alkyl halides is 3. The quantitative estimate of drug-likeness (QED) is 0.847. The van der Waals surface area contributed by atoms with Crippen LogP contribution in [0.15, 0.2) is 24.3 Å². The Hall–Kier alpha value is -1.53. The first-order chi connectivity index (χ1) is 9.73. The van der Waals surface area contributed by atoms with Gasteiger partial charge < -0.3 is 10.0 Å². The molecule has 0 saturated carbocycles. The van der Waals surface area contributed by atoms with E-state index in [4.69, 9.17) is 16.7 Å². The van der Waals surface area contributed by atoms with E-state index in [0.29, 0.717) is 15.5 Å². The average Bonchev–Trinajstić information content (AvgIpc) is 2.38. The molecule has 0 aliphatic rings. The molecule has 0 aliphatic carbocycles. The normalized spacial score (nSPS) is 11.9. The van der Waals surface area contributed by atoms with Crippen LogP contribution in [-0.4, -0.2) is 41.8 Å². The van der Waals surface area contributed by atoms with Gasteiger partial charge in [0.1, 0.15) is 6.54 Å². The number of carbonyl (C=O) groups excluding carboxylic acids is 1. The Labute approximate surface area is 125 Å². The minimum absolute atomic E-state index is 0.378. The van der Waals surface area contributed by atoms with Gasteiger partial charge >= 0.3 is 6.18 Å². The molecule has 1 aromatic carbocycles. The Kier molecular flexibility index (Phi) is 6.23. The first kappa shape index (κ1) is 17.5. The lowest BCUT2D eigenvalue weighted by Gasteiger charge is -2.21. The standard InChI is InChI=1S/C14H15ClF3NO2/c1-10-2-3-11(8-12(10)15)4-5-13(21)19(6-7-20)9-14(16,17)18/h2-5,8,20H,6-7,9H2,1H3/b5-4+. The Morgan fingerprint density at radius 3 is 2.62 bits per heavy atom. The summed E-state index contributed by atoms with van der Waals surface area (Å²) in [6.07, 6.45) is -2.09. The van der Waals surface area contributed by atoms with Crippen LogP contribution >= 0.6 is 11.6 Å².